The zero-order chi connectivity index (χ0) is 11.5. The standard InChI is InChI=1S/C13H23NS/c1-6-13(5,7-2)14-9-12-8-10(3)15-11(12)4/h8,14H,6-7,9H2,1-5H3. The van der Waals surface area contributed by atoms with Crippen LogP contribution < -0.4 is 5.32 Å². The highest BCUT2D eigenvalue weighted by molar-refractivity contribution is 7.12. The lowest BCUT2D eigenvalue weighted by Crippen LogP contribution is -2.40. The topological polar surface area (TPSA) is 12.0 Å². The van der Waals surface area contributed by atoms with Crippen molar-refractivity contribution in [3.8, 4) is 0 Å². The summed E-state index contributed by atoms with van der Waals surface area (Å²) in [7, 11) is 0. The first-order chi connectivity index (χ1) is 7.00. The molecule has 0 fully saturated rings. The smallest absolute Gasteiger partial charge is 0.0221 e. The summed E-state index contributed by atoms with van der Waals surface area (Å²) in [5, 5.41) is 3.67. The van der Waals surface area contributed by atoms with Crippen molar-refractivity contribution >= 4 is 11.3 Å². The third-order valence-corrected chi connectivity index (χ3v) is 4.42. The van der Waals surface area contributed by atoms with Gasteiger partial charge in [-0.25, -0.2) is 0 Å². The molecule has 0 saturated carbocycles. The van der Waals surface area contributed by atoms with Gasteiger partial charge in [0, 0.05) is 21.8 Å². The van der Waals surface area contributed by atoms with Crippen LogP contribution in [0.4, 0.5) is 0 Å². The Bertz CT molecular complexity index is 310. The molecule has 0 spiro atoms. The molecule has 1 N–H and O–H groups in total. The molecule has 0 amide bonds. The molecule has 1 aromatic heterocycles. The van der Waals surface area contributed by atoms with Gasteiger partial charge in [-0.1, -0.05) is 13.8 Å². The van der Waals surface area contributed by atoms with Gasteiger partial charge in [-0.15, -0.1) is 11.3 Å². The van der Waals surface area contributed by atoms with Crippen LogP contribution in [0.15, 0.2) is 6.07 Å². The Balaban J connectivity index is 2.60. The SMILES string of the molecule is CCC(C)(CC)NCc1cc(C)sc1C. The van der Waals surface area contributed by atoms with E-state index in [9.17, 15) is 0 Å². The predicted octanol–water partition coefficient (Wildman–Crippen LogP) is 4.03. The molecular formula is C13H23NS. The van der Waals surface area contributed by atoms with Crippen LogP contribution in [0.25, 0.3) is 0 Å². The van der Waals surface area contributed by atoms with E-state index in [4.69, 9.17) is 0 Å². The van der Waals surface area contributed by atoms with Crippen molar-refractivity contribution < 1.29 is 0 Å². The van der Waals surface area contributed by atoms with Crippen molar-refractivity contribution in [3.05, 3.63) is 21.4 Å². The van der Waals surface area contributed by atoms with Gasteiger partial charge in [-0.2, -0.15) is 0 Å². The Morgan fingerprint density at radius 3 is 2.27 bits per heavy atom. The second kappa shape index (κ2) is 5.13. The summed E-state index contributed by atoms with van der Waals surface area (Å²) in [4.78, 5) is 2.87. The predicted molar refractivity (Wildman–Crippen MR) is 69.6 cm³/mol. The van der Waals surface area contributed by atoms with Gasteiger partial charge >= 0.3 is 0 Å². The zero-order valence-electron chi connectivity index (χ0n) is 10.6. The van der Waals surface area contributed by atoms with E-state index in [0.717, 1.165) is 6.54 Å². The summed E-state index contributed by atoms with van der Waals surface area (Å²) in [5.41, 5.74) is 1.76. The molecule has 1 aromatic rings. The molecule has 0 aliphatic rings. The van der Waals surface area contributed by atoms with Gasteiger partial charge < -0.3 is 5.32 Å². The number of nitrogens with one attached hydrogen (secondary N) is 1. The summed E-state index contributed by atoms with van der Waals surface area (Å²) >= 11 is 1.89. The van der Waals surface area contributed by atoms with Gasteiger partial charge in [0.05, 0.1) is 0 Å². The van der Waals surface area contributed by atoms with Crippen LogP contribution in [-0.2, 0) is 6.54 Å². The molecular weight excluding hydrogens is 202 g/mol. The Morgan fingerprint density at radius 1 is 1.27 bits per heavy atom. The van der Waals surface area contributed by atoms with Gasteiger partial charge in [-0.3, -0.25) is 0 Å². The van der Waals surface area contributed by atoms with E-state index in [-0.39, 0.29) is 0 Å². The molecule has 0 aliphatic carbocycles. The van der Waals surface area contributed by atoms with Gasteiger partial charge in [0.25, 0.3) is 0 Å². The minimum absolute atomic E-state index is 0.294. The average molecular weight is 225 g/mol. The van der Waals surface area contributed by atoms with Gasteiger partial charge in [0.2, 0.25) is 0 Å². The molecule has 0 atom stereocenters. The summed E-state index contributed by atoms with van der Waals surface area (Å²) < 4.78 is 0. The molecule has 0 saturated heterocycles. The van der Waals surface area contributed by atoms with Crippen LogP contribution in [0.2, 0.25) is 0 Å². The first kappa shape index (κ1) is 12.7. The van der Waals surface area contributed by atoms with E-state index >= 15 is 0 Å². The van der Waals surface area contributed by atoms with E-state index < -0.39 is 0 Å². The van der Waals surface area contributed by atoms with Crippen LogP contribution in [0.3, 0.4) is 0 Å². The third kappa shape index (κ3) is 3.32. The minimum atomic E-state index is 0.294. The lowest BCUT2D eigenvalue weighted by atomic mass is 9.95. The largest absolute Gasteiger partial charge is 0.307 e. The third-order valence-electron chi connectivity index (χ3n) is 3.41. The number of hydrogen-bond donors (Lipinski definition) is 1. The first-order valence-electron chi connectivity index (χ1n) is 5.81. The van der Waals surface area contributed by atoms with Crippen molar-refractivity contribution in [1.29, 1.82) is 0 Å². The van der Waals surface area contributed by atoms with Crippen molar-refractivity contribution in [2.45, 2.75) is 59.5 Å². The normalized spacial score (nSPS) is 12.1. The van der Waals surface area contributed by atoms with Crippen LogP contribution in [0, 0.1) is 13.8 Å². The van der Waals surface area contributed by atoms with Crippen LogP contribution >= 0.6 is 11.3 Å². The van der Waals surface area contributed by atoms with Crippen molar-refractivity contribution in [1.82, 2.24) is 5.32 Å². The summed E-state index contributed by atoms with van der Waals surface area (Å²) in [5.74, 6) is 0. The maximum absolute atomic E-state index is 3.67. The van der Waals surface area contributed by atoms with E-state index in [0.29, 0.717) is 5.54 Å². The highest BCUT2D eigenvalue weighted by Gasteiger charge is 2.18. The lowest BCUT2D eigenvalue weighted by Gasteiger charge is -2.28. The zero-order valence-corrected chi connectivity index (χ0v) is 11.4. The average Bonchev–Trinajstić information content (AvgIpc) is 2.54. The van der Waals surface area contributed by atoms with Crippen molar-refractivity contribution in [3.63, 3.8) is 0 Å². The molecule has 1 nitrogen and oxygen atoms in total. The molecule has 0 aromatic carbocycles. The van der Waals surface area contributed by atoms with Gasteiger partial charge in [0.15, 0.2) is 0 Å². The summed E-state index contributed by atoms with van der Waals surface area (Å²) in [6.45, 7) is 12.2. The van der Waals surface area contributed by atoms with Gasteiger partial charge in [0.1, 0.15) is 0 Å². The first-order valence-corrected chi connectivity index (χ1v) is 6.63. The summed E-state index contributed by atoms with van der Waals surface area (Å²) in [6, 6.07) is 2.30. The second-order valence-corrected chi connectivity index (χ2v) is 6.02. The Kier molecular flexibility index (Phi) is 4.35. The lowest BCUT2D eigenvalue weighted by molar-refractivity contribution is 0.329. The molecule has 1 rings (SSSR count). The highest BCUT2D eigenvalue weighted by Crippen LogP contribution is 2.22. The fraction of sp³-hybridized carbons (Fsp3) is 0.692. The number of aryl methyl sites for hydroxylation is 2. The van der Waals surface area contributed by atoms with E-state index in [2.05, 4.69) is 46.0 Å². The second-order valence-electron chi connectivity index (χ2n) is 4.56. The van der Waals surface area contributed by atoms with Crippen LogP contribution in [0.5, 0.6) is 0 Å². The van der Waals surface area contributed by atoms with E-state index in [1.54, 1.807) is 0 Å². The van der Waals surface area contributed by atoms with Crippen molar-refractivity contribution in [2.75, 3.05) is 0 Å². The maximum atomic E-state index is 3.67. The van der Waals surface area contributed by atoms with Crippen LogP contribution in [-0.4, -0.2) is 5.54 Å². The molecule has 0 aliphatic heterocycles. The minimum Gasteiger partial charge on any atom is -0.307 e. The van der Waals surface area contributed by atoms with Crippen molar-refractivity contribution in [2.24, 2.45) is 0 Å². The molecule has 15 heavy (non-hydrogen) atoms. The molecule has 1 heterocycles. The molecule has 0 radical (unpaired) electrons. The monoisotopic (exact) mass is 225 g/mol. The number of hydrogen-bond acceptors (Lipinski definition) is 2. The molecule has 0 unspecified atom stereocenters. The summed E-state index contributed by atoms with van der Waals surface area (Å²) in [6.07, 6.45) is 2.37. The van der Waals surface area contributed by atoms with E-state index in [1.165, 1.54) is 28.2 Å². The molecule has 2 heteroatoms. The Hall–Kier alpha value is -0.340. The highest BCUT2D eigenvalue weighted by atomic mass is 32.1. The van der Waals surface area contributed by atoms with E-state index in [1.807, 2.05) is 11.3 Å². The van der Waals surface area contributed by atoms with Crippen LogP contribution in [0.1, 0.15) is 48.9 Å². The van der Waals surface area contributed by atoms with Gasteiger partial charge in [-0.05, 0) is 45.2 Å². The number of thiophene rings is 1. The Morgan fingerprint density at radius 2 is 1.87 bits per heavy atom. The number of rotatable bonds is 5. The molecule has 86 valence electrons. The molecule has 0 bridgehead atoms. The quantitative estimate of drug-likeness (QED) is 0.797. The fourth-order valence-corrected chi connectivity index (χ4v) is 2.61. The Labute approximate surface area is 97.9 Å². The fourth-order valence-electron chi connectivity index (χ4n) is 1.67. The maximum Gasteiger partial charge on any atom is 0.0221 e.